The molecule has 5 heterocycles. The van der Waals surface area contributed by atoms with E-state index in [4.69, 9.17) is 0 Å². The van der Waals surface area contributed by atoms with Crippen LogP contribution in [-0.2, 0) is 0 Å². The zero-order valence-electron chi connectivity index (χ0n) is 17.7. The molecule has 8 nitrogen and oxygen atoms in total. The third-order valence-corrected chi connectivity index (χ3v) is 4.71. The van der Waals surface area contributed by atoms with Crippen LogP contribution in [0.5, 0.6) is 0 Å². The Hall–Kier alpha value is -3.16. The highest BCUT2D eigenvalue weighted by molar-refractivity contribution is 5.68. The van der Waals surface area contributed by atoms with E-state index >= 15 is 0 Å². The third-order valence-electron chi connectivity index (χ3n) is 4.71. The predicted octanol–water partition coefficient (Wildman–Crippen LogP) is 3.54. The Bertz CT molecular complexity index is 1010. The van der Waals surface area contributed by atoms with Crippen LogP contribution >= 0.6 is 0 Å². The first-order valence-electron chi connectivity index (χ1n) is 10.2. The lowest BCUT2D eigenvalue weighted by molar-refractivity contribution is 0.573. The van der Waals surface area contributed by atoms with Crippen LogP contribution in [0.3, 0.4) is 0 Å². The van der Waals surface area contributed by atoms with Gasteiger partial charge in [0.2, 0.25) is 0 Å². The standard InChI is InChI=1S/C11H14N4.C8H10N4.C2H6/c1-2-6-14(7-3-1)11-10-5-4-8-15(10)13-9-12-11;1-11(2)8-7-4-3-5-12(7)10-6-9-8;1-2/h4-5,8-9H,1-3,6-7H2;3-6H,1-2H3;1-2H3. The van der Waals surface area contributed by atoms with Crippen molar-refractivity contribution in [3.05, 3.63) is 49.3 Å². The van der Waals surface area contributed by atoms with Gasteiger partial charge in [0.1, 0.15) is 23.7 Å². The van der Waals surface area contributed by atoms with Crippen molar-refractivity contribution >= 4 is 22.7 Å². The summed E-state index contributed by atoms with van der Waals surface area (Å²) in [5.74, 6) is 2.02. The van der Waals surface area contributed by atoms with Crippen molar-refractivity contribution in [1.82, 2.24) is 29.2 Å². The molecule has 0 atom stereocenters. The molecule has 0 amide bonds. The van der Waals surface area contributed by atoms with Crippen LogP contribution in [0.2, 0.25) is 0 Å². The summed E-state index contributed by atoms with van der Waals surface area (Å²) in [6.45, 7) is 6.25. The number of rotatable bonds is 2. The summed E-state index contributed by atoms with van der Waals surface area (Å²) >= 11 is 0. The van der Waals surface area contributed by atoms with E-state index in [-0.39, 0.29) is 0 Å². The first kappa shape index (κ1) is 20.6. The van der Waals surface area contributed by atoms with Gasteiger partial charge in [0.05, 0.1) is 0 Å². The predicted molar refractivity (Wildman–Crippen MR) is 118 cm³/mol. The maximum Gasteiger partial charge on any atom is 0.156 e. The zero-order chi connectivity index (χ0) is 20.6. The van der Waals surface area contributed by atoms with E-state index in [1.54, 1.807) is 12.7 Å². The number of fused-ring (bicyclic) bond motifs is 2. The Morgan fingerprint density at radius 1 is 0.793 bits per heavy atom. The first-order valence-corrected chi connectivity index (χ1v) is 10.2. The molecule has 8 heteroatoms. The van der Waals surface area contributed by atoms with E-state index in [1.807, 2.05) is 72.5 Å². The molecule has 0 unspecified atom stereocenters. The van der Waals surface area contributed by atoms with Gasteiger partial charge in [-0.15, -0.1) is 0 Å². The minimum absolute atomic E-state index is 0.940. The fraction of sp³-hybridized carbons (Fsp3) is 0.429. The molecule has 1 aliphatic heterocycles. The van der Waals surface area contributed by atoms with Crippen molar-refractivity contribution in [3.63, 3.8) is 0 Å². The number of hydrogen-bond acceptors (Lipinski definition) is 6. The summed E-state index contributed by atoms with van der Waals surface area (Å²) in [7, 11) is 3.94. The summed E-state index contributed by atoms with van der Waals surface area (Å²) in [6.07, 6.45) is 11.0. The minimum Gasteiger partial charge on any atom is -0.361 e. The second kappa shape index (κ2) is 9.86. The van der Waals surface area contributed by atoms with Crippen molar-refractivity contribution in [2.24, 2.45) is 0 Å². The molecule has 0 aromatic carbocycles. The molecule has 154 valence electrons. The smallest absolute Gasteiger partial charge is 0.156 e. The van der Waals surface area contributed by atoms with Crippen molar-refractivity contribution in [3.8, 4) is 0 Å². The van der Waals surface area contributed by atoms with E-state index in [0.29, 0.717) is 0 Å². The average molecular weight is 395 g/mol. The lowest BCUT2D eigenvalue weighted by atomic mass is 10.1. The van der Waals surface area contributed by atoms with Crippen molar-refractivity contribution in [1.29, 1.82) is 0 Å². The maximum absolute atomic E-state index is 4.40. The second-order valence-corrected chi connectivity index (χ2v) is 6.79. The minimum atomic E-state index is 0.940. The summed E-state index contributed by atoms with van der Waals surface area (Å²) in [5, 5.41) is 8.24. The Kier molecular flexibility index (Phi) is 6.99. The van der Waals surface area contributed by atoms with Crippen molar-refractivity contribution in [2.75, 3.05) is 37.0 Å². The van der Waals surface area contributed by atoms with Crippen LogP contribution in [0.15, 0.2) is 49.3 Å². The Morgan fingerprint density at radius 3 is 2.03 bits per heavy atom. The van der Waals surface area contributed by atoms with Crippen LogP contribution < -0.4 is 9.80 Å². The van der Waals surface area contributed by atoms with Crippen LogP contribution in [0.25, 0.3) is 11.0 Å². The number of piperidine rings is 1. The summed E-state index contributed by atoms with van der Waals surface area (Å²) in [5.41, 5.74) is 2.14. The highest BCUT2D eigenvalue weighted by Crippen LogP contribution is 2.21. The van der Waals surface area contributed by atoms with Crippen LogP contribution in [-0.4, -0.2) is 56.4 Å². The molecule has 0 saturated carbocycles. The normalized spacial score (nSPS) is 13.4. The number of nitrogens with zero attached hydrogens (tertiary/aromatic N) is 8. The zero-order valence-corrected chi connectivity index (χ0v) is 17.7. The molecule has 0 aliphatic carbocycles. The van der Waals surface area contributed by atoms with Gasteiger partial charge in [-0.1, -0.05) is 13.8 Å². The SMILES string of the molecule is CC.CN(C)c1ncnn2cccc12.c1cc2c(N3CCCCC3)ncnn2c1. The van der Waals surface area contributed by atoms with Gasteiger partial charge in [0.25, 0.3) is 0 Å². The van der Waals surface area contributed by atoms with Gasteiger partial charge >= 0.3 is 0 Å². The quantitative estimate of drug-likeness (QED) is 0.518. The molecule has 0 bridgehead atoms. The van der Waals surface area contributed by atoms with Crippen LogP contribution in [0.4, 0.5) is 11.6 Å². The van der Waals surface area contributed by atoms with Gasteiger partial charge in [-0.2, -0.15) is 10.2 Å². The van der Waals surface area contributed by atoms with Gasteiger partial charge in [0, 0.05) is 39.6 Å². The number of anilines is 2. The molecule has 5 rings (SSSR count). The summed E-state index contributed by atoms with van der Waals surface area (Å²) in [4.78, 5) is 12.9. The van der Waals surface area contributed by atoms with Crippen LogP contribution in [0, 0.1) is 0 Å². The number of hydrogen-bond donors (Lipinski definition) is 0. The van der Waals surface area contributed by atoms with E-state index < -0.39 is 0 Å². The third kappa shape index (κ3) is 4.64. The van der Waals surface area contributed by atoms with Gasteiger partial charge < -0.3 is 9.80 Å². The van der Waals surface area contributed by atoms with Gasteiger partial charge in [-0.05, 0) is 43.5 Å². The van der Waals surface area contributed by atoms with Gasteiger partial charge in [0.15, 0.2) is 11.6 Å². The average Bonchev–Trinajstić information content (AvgIpc) is 3.45. The first-order chi connectivity index (χ1) is 14.2. The molecule has 1 aliphatic rings. The fourth-order valence-electron chi connectivity index (χ4n) is 3.40. The van der Waals surface area contributed by atoms with E-state index in [1.165, 1.54) is 19.3 Å². The molecule has 0 radical (unpaired) electrons. The lowest BCUT2D eigenvalue weighted by Gasteiger charge is -2.27. The molecule has 1 saturated heterocycles. The molecule has 1 fully saturated rings. The molecular formula is C21H30N8. The highest BCUT2D eigenvalue weighted by atomic mass is 15.3. The monoisotopic (exact) mass is 394 g/mol. The van der Waals surface area contributed by atoms with Crippen LogP contribution in [0.1, 0.15) is 33.1 Å². The molecular weight excluding hydrogens is 364 g/mol. The lowest BCUT2D eigenvalue weighted by Crippen LogP contribution is -2.30. The number of aromatic nitrogens is 6. The highest BCUT2D eigenvalue weighted by Gasteiger charge is 2.14. The molecule has 0 N–H and O–H groups in total. The van der Waals surface area contributed by atoms with E-state index in [2.05, 4.69) is 31.1 Å². The van der Waals surface area contributed by atoms with Crippen molar-refractivity contribution < 1.29 is 0 Å². The summed E-state index contributed by atoms with van der Waals surface area (Å²) < 4.78 is 3.69. The fourth-order valence-corrected chi connectivity index (χ4v) is 3.40. The largest absolute Gasteiger partial charge is 0.361 e. The summed E-state index contributed by atoms with van der Waals surface area (Å²) in [6, 6.07) is 8.04. The Balaban J connectivity index is 0.000000156. The Labute approximate surface area is 171 Å². The second-order valence-electron chi connectivity index (χ2n) is 6.79. The van der Waals surface area contributed by atoms with E-state index in [9.17, 15) is 0 Å². The molecule has 0 spiro atoms. The molecule has 29 heavy (non-hydrogen) atoms. The van der Waals surface area contributed by atoms with E-state index in [0.717, 1.165) is 35.8 Å². The van der Waals surface area contributed by atoms with Gasteiger partial charge in [-0.25, -0.2) is 19.0 Å². The van der Waals surface area contributed by atoms with Crippen molar-refractivity contribution in [2.45, 2.75) is 33.1 Å². The molecule has 4 aromatic rings. The maximum atomic E-state index is 4.40. The topological polar surface area (TPSA) is 66.9 Å². The molecule has 4 aromatic heterocycles. The van der Waals surface area contributed by atoms with Gasteiger partial charge in [-0.3, -0.25) is 0 Å². The Morgan fingerprint density at radius 2 is 1.38 bits per heavy atom.